The normalized spacial score (nSPS) is 17.1. The Balaban J connectivity index is 2.10. The van der Waals surface area contributed by atoms with Crippen molar-refractivity contribution in [1.82, 2.24) is 9.78 Å². The third-order valence-electron chi connectivity index (χ3n) is 3.73. The van der Waals surface area contributed by atoms with Gasteiger partial charge >= 0.3 is 0 Å². The van der Waals surface area contributed by atoms with Crippen LogP contribution in [0.25, 0.3) is 0 Å². The average Bonchev–Trinajstić information content (AvgIpc) is 2.67. The molecule has 5 nitrogen and oxygen atoms in total. The molecule has 0 aliphatic carbocycles. The zero-order chi connectivity index (χ0) is 13.8. The van der Waals surface area contributed by atoms with Gasteiger partial charge in [0.2, 0.25) is 0 Å². The van der Waals surface area contributed by atoms with Crippen LogP contribution in [0.4, 0.5) is 11.5 Å². The van der Waals surface area contributed by atoms with E-state index in [0.717, 1.165) is 62.7 Å². The lowest BCUT2D eigenvalue weighted by atomic mass is 10.1. The lowest BCUT2D eigenvalue weighted by Gasteiger charge is -2.33. The number of rotatable bonds is 5. The summed E-state index contributed by atoms with van der Waals surface area (Å²) in [6.45, 7) is 9.95. The fourth-order valence-corrected chi connectivity index (χ4v) is 2.75. The van der Waals surface area contributed by atoms with Crippen molar-refractivity contribution in [2.24, 2.45) is 0 Å². The quantitative estimate of drug-likeness (QED) is 0.887. The SMILES string of the molecule is CCCn1nc(C)c(N)c1N1CCC(OCC)CC1. The molecule has 0 bridgehead atoms. The molecule has 0 spiro atoms. The first-order valence-corrected chi connectivity index (χ1v) is 7.36. The Morgan fingerprint density at radius 2 is 2.00 bits per heavy atom. The molecule has 1 fully saturated rings. The molecule has 2 rings (SSSR count). The number of nitrogen functional groups attached to an aromatic ring is 1. The molecule has 0 radical (unpaired) electrons. The minimum atomic E-state index is 0.408. The highest BCUT2D eigenvalue weighted by Gasteiger charge is 2.24. The summed E-state index contributed by atoms with van der Waals surface area (Å²) >= 11 is 0. The second kappa shape index (κ2) is 6.28. The summed E-state index contributed by atoms with van der Waals surface area (Å²) in [6, 6.07) is 0. The van der Waals surface area contributed by atoms with E-state index in [0.29, 0.717) is 6.10 Å². The molecule has 19 heavy (non-hydrogen) atoms. The Kier molecular flexibility index (Phi) is 4.69. The minimum Gasteiger partial charge on any atom is -0.394 e. The number of hydrogen-bond donors (Lipinski definition) is 1. The molecule has 0 aromatic carbocycles. The number of nitrogens with two attached hydrogens (primary N) is 1. The number of nitrogens with zero attached hydrogens (tertiary/aromatic N) is 3. The van der Waals surface area contributed by atoms with Crippen molar-refractivity contribution in [2.45, 2.75) is 52.7 Å². The molecule has 1 aliphatic rings. The van der Waals surface area contributed by atoms with Crippen LogP contribution in [0.2, 0.25) is 0 Å². The molecule has 2 N–H and O–H groups in total. The Morgan fingerprint density at radius 3 is 2.58 bits per heavy atom. The Hall–Kier alpha value is -1.23. The van der Waals surface area contributed by atoms with E-state index in [-0.39, 0.29) is 0 Å². The van der Waals surface area contributed by atoms with Crippen LogP contribution in [0.15, 0.2) is 0 Å². The predicted molar refractivity (Wildman–Crippen MR) is 78.5 cm³/mol. The van der Waals surface area contributed by atoms with Gasteiger partial charge in [-0.2, -0.15) is 5.10 Å². The van der Waals surface area contributed by atoms with Gasteiger partial charge in [-0.3, -0.25) is 0 Å². The molecule has 108 valence electrons. The van der Waals surface area contributed by atoms with Gasteiger partial charge in [0.1, 0.15) is 0 Å². The zero-order valence-electron chi connectivity index (χ0n) is 12.4. The van der Waals surface area contributed by atoms with Gasteiger partial charge in [0.15, 0.2) is 5.82 Å². The van der Waals surface area contributed by atoms with E-state index in [1.54, 1.807) is 0 Å². The molecule has 0 unspecified atom stereocenters. The third-order valence-corrected chi connectivity index (χ3v) is 3.73. The van der Waals surface area contributed by atoms with Crippen molar-refractivity contribution < 1.29 is 4.74 Å². The van der Waals surface area contributed by atoms with Crippen LogP contribution in [0.1, 0.15) is 38.8 Å². The van der Waals surface area contributed by atoms with Crippen LogP contribution in [0.3, 0.4) is 0 Å². The first-order valence-electron chi connectivity index (χ1n) is 7.36. The van der Waals surface area contributed by atoms with Gasteiger partial charge in [-0.25, -0.2) is 4.68 Å². The summed E-state index contributed by atoms with van der Waals surface area (Å²) in [6.07, 6.45) is 3.63. The predicted octanol–water partition coefficient (Wildman–Crippen LogP) is 2.19. The fourth-order valence-electron chi connectivity index (χ4n) is 2.75. The topological polar surface area (TPSA) is 56.3 Å². The highest BCUT2D eigenvalue weighted by atomic mass is 16.5. The van der Waals surface area contributed by atoms with Crippen LogP contribution in [-0.2, 0) is 11.3 Å². The lowest BCUT2D eigenvalue weighted by Crippen LogP contribution is -2.38. The summed E-state index contributed by atoms with van der Waals surface area (Å²) in [7, 11) is 0. The monoisotopic (exact) mass is 266 g/mol. The standard InChI is InChI=1S/C14H26N4O/c1-4-8-18-14(13(15)11(3)16-18)17-9-6-12(7-10-17)19-5-2/h12H,4-10,15H2,1-3H3. The Morgan fingerprint density at radius 1 is 1.32 bits per heavy atom. The smallest absolute Gasteiger partial charge is 0.150 e. The van der Waals surface area contributed by atoms with Crippen LogP contribution < -0.4 is 10.6 Å². The number of anilines is 2. The number of hydrogen-bond acceptors (Lipinski definition) is 4. The highest BCUT2D eigenvalue weighted by molar-refractivity contribution is 5.66. The molecular formula is C14H26N4O. The van der Waals surface area contributed by atoms with E-state index >= 15 is 0 Å². The van der Waals surface area contributed by atoms with Crippen LogP contribution in [0.5, 0.6) is 0 Å². The van der Waals surface area contributed by atoms with Crippen molar-refractivity contribution in [3.05, 3.63) is 5.69 Å². The van der Waals surface area contributed by atoms with Gasteiger partial charge < -0.3 is 15.4 Å². The van der Waals surface area contributed by atoms with E-state index in [2.05, 4.69) is 28.5 Å². The van der Waals surface area contributed by atoms with E-state index in [9.17, 15) is 0 Å². The number of piperidine rings is 1. The molecule has 1 aromatic rings. The molecule has 1 aromatic heterocycles. The van der Waals surface area contributed by atoms with Crippen molar-refractivity contribution in [1.29, 1.82) is 0 Å². The summed E-state index contributed by atoms with van der Waals surface area (Å²) in [5.41, 5.74) is 7.98. The molecule has 0 saturated carbocycles. The first kappa shape index (κ1) is 14.2. The van der Waals surface area contributed by atoms with E-state index in [1.165, 1.54) is 0 Å². The van der Waals surface area contributed by atoms with Gasteiger partial charge in [0.05, 0.1) is 17.5 Å². The molecule has 2 heterocycles. The largest absolute Gasteiger partial charge is 0.394 e. The van der Waals surface area contributed by atoms with Crippen molar-refractivity contribution >= 4 is 11.5 Å². The number of ether oxygens (including phenoxy) is 1. The van der Waals surface area contributed by atoms with Gasteiger partial charge in [0.25, 0.3) is 0 Å². The average molecular weight is 266 g/mol. The van der Waals surface area contributed by atoms with Crippen LogP contribution in [-0.4, -0.2) is 35.6 Å². The van der Waals surface area contributed by atoms with Gasteiger partial charge in [-0.05, 0) is 33.1 Å². The first-order chi connectivity index (χ1) is 9.17. The van der Waals surface area contributed by atoms with E-state index in [1.807, 2.05) is 6.92 Å². The molecule has 5 heteroatoms. The number of aryl methyl sites for hydroxylation is 2. The summed E-state index contributed by atoms with van der Waals surface area (Å²) < 4.78 is 7.76. The molecular weight excluding hydrogens is 240 g/mol. The maximum atomic E-state index is 6.20. The molecule has 0 amide bonds. The molecule has 1 saturated heterocycles. The highest BCUT2D eigenvalue weighted by Crippen LogP contribution is 2.29. The van der Waals surface area contributed by atoms with Crippen molar-refractivity contribution in [2.75, 3.05) is 30.3 Å². The van der Waals surface area contributed by atoms with Crippen molar-refractivity contribution in [3.63, 3.8) is 0 Å². The fraction of sp³-hybridized carbons (Fsp3) is 0.786. The molecule has 1 aliphatic heterocycles. The van der Waals surface area contributed by atoms with E-state index in [4.69, 9.17) is 10.5 Å². The summed E-state index contributed by atoms with van der Waals surface area (Å²) in [5.74, 6) is 1.11. The van der Waals surface area contributed by atoms with E-state index < -0.39 is 0 Å². The lowest BCUT2D eigenvalue weighted by molar-refractivity contribution is 0.0457. The molecule has 0 atom stereocenters. The Bertz CT molecular complexity index is 408. The Labute approximate surface area is 115 Å². The second-order valence-corrected chi connectivity index (χ2v) is 5.19. The van der Waals surface area contributed by atoms with Crippen molar-refractivity contribution in [3.8, 4) is 0 Å². The van der Waals surface area contributed by atoms with Gasteiger partial charge in [0, 0.05) is 26.2 Å². The van der Waals surface area contributed by atoms with Gasteiger partial charge in [-0.1, -0.05) is 6.92 Å². The van der Waals surface area contributed by atoms with Crippen LogP contribution >= 0.6 is 0 Å². The number of aromatic nitrogens is 2. The zero-order valence-corrected chi connectivity index (χ0v) is 12.4. The second-order valence-electron chi connectivity index (χ2n) is 5.19. The maximum absolute atomic E-state index is 6.20. The maximum Gasteiger partial charge on any atom is 0.150 e. The summed E-state index contributed by atoms with van der Waals surface area (Å²) in [4.78, 5) is 2.36. The third kappa shape index (κ3) is 3.03. The summed E-state index contributed by atoms with van der Waals surface area (Å²) in [5, 5.41) is 4.55. The van der Waals surface area contributed by atoms with Gasteiger partial charge in [-0.15, -0.1) is 0 Å². The van der Waals surface area contributed by atoms with Crippen LogP contribution in [0, 0.1) is 6.92 Å². The minimum absolute atomic E-state index is 0.408.